The third-order valence-corrected chi connectivity index (χ3v) is 3.83. The minimum absolute atomic E-state index is 0.526. The van der Waals surface area contributed by atoms with E-state index < -0.39 is 0 Å². The molecule has 0 aromatic rings. The van der Waals surface area contributed by atoms with Crippen molar-refractivity contribution in [1.82, 2.24) is 10.2 Å². The van der Waals surface area contributed by atoms with Gasteiger partial charge < -0.3 is 15.0 Å². The van der Waals surface area contributed by atoms with E-state index in [9.17, 15) is 0 Å². The number of nitrogens with one attached hydrogen (secondary N) is 1. The van der Waals surface area contributed by atoms with E-state index in [4.69, 9.17) is 4.74 Å². The monoisotopic (exact) mass is 240 g/mol. The van der Waals surface area contributed by atoms with Crippen molar-refractivity contribution in [2.24, 2.45) is 5.92 Å². The van der Waals surface area contributed by atoms with Crippen molar-refractivity contribution in [3.8, 4) is 0 Å². The summed E-state index contributed by atoms with van der Waals surface area (Å²) in [5, 5.41) is 3.39. The predicted molar refractivity (Wildman–Crippen MR) is 71.3 cm³/mol. The molecule has 2 fully saturated rings. The van der Waals surface area contributed by atoms with Crippen LogP contribution in [0.25, 0.3) is 0 Å². The number of piperidine rings is 2. The molecule has 2 saturated heterocycles. The van der Waals surface area contributed by atoms with Crippen LogP contribution >= 0.6 is 0 Å². The zero-order valence-electron chi connectivity index (χ0n) is 11.5. The summed E-state index contributed by atoms with van der Waals surface area (Å²) in [6.07, 6.45) is 5.92. The van der Waals surface area contributed by atoms with Gasteiger partial charge in [-0.15, -0.1) is 0 Å². The average molecular weight is 240 g/mol. The van der Waals surface area contributed by atoms with Gasteiger partial charge in [-0.2, -0.15) is 0 Å². The van der Waals surface area contributed by atoms with Crippen LogP contribution in [-0.2, 0) is 4.74 Å². The molecule has 3 nitrogen and oxygen atoms in total. The normalized spacial score (nSPS) is 25.6. The van der Waals surface area contributed by atoms with Gasteiger partial charge in [-0.25, -0.2) is 0 Å². The third-order valence-electron chi connectivity index (χ3n) is 3.83. The minimum atomic E-state index is 0.526. The molecule has 100 valence electrons. The van der Waals surface area contributed by atoms with Gasteiger partial charge in [0.25, 0.3) is 0 Å². The van der Waals surface area contributed by atoms with Gasteiger partial charge in [0.05, 0.1) is 12.2 Å². The van der Waals surface area contributed by atoms with Gasteiger partial charge in [0, 0.05) is 19.6 Å². The van der Waals surface area contributed by atoms with Crippen molar-refractivity contribution in [2.45, 2.75) is 51.7 Å². The van der Waals surface area contributed by atoms with Crippen LogP contribution in [0.15, 0.2) is 0 Å². The molecular formula is C14H28N2O. The molecule has 3 heteroatoms. The Bertz CT molecular complexity index is 206. The number of likely N-dealkylation sites (tertiary alicyclic amines) is 1. The molecule has 0 aromatic carbocycles. The molecule has 0 aromatic heterocycles. The highest BCUT2D eigenvalue weighted by atomic mass is 16.5. The van der Waals surface area contributed by atoms with Gasteiger partial charge in [-0.3, -0.25) is 0 Å². The lowest BCUT2D eigenvalue weighted by molar-refractivity contribution is -0.0539. The molecule has 2 aliphatic heterocycles. The van der Waals surface area contributed by atoms with E-state index in [1.807, 2.05) is 0 Å². The summed E-state index contributed by atoms with van der Waals surface area (Å²) >= 11 is 0. The van der Waals surface area contributed by atoms with E-state index in [1.165, 1.54) is 45.3 Å². The molecule has 0 unspecified atom stereocenters. The Labute approximate surface area is 106 Å². The molecule has 2 heterocycles. The average Bonchev–Trinajstić information content (AvgIpc) is 2.32. The van der Waals surface area contributed by atoms with Gasteiger partial charge in [-0.1, -0.05) is 13.8 Å². The Kier molecular flexibility index (Phi) is 5.26. The first-order valence-corrected chi connectivity index (χ1v) is 7.32. The molecule has 0 amide bonds. The summed E-state index contributed by atoms with van der Waals surface area (Å²) in [6, 6.07) is 0. The van der Waals surface area contributed by atoms with Gasteiger partial charge in [0.1, 0.15) is 0 Å². The Morgan fingerprint density at radius 1 is 1.06 bits per heavy atom. The maximum atomic E-state index is 6.22. The van der Waals surface area contributed by atoms with Gasteiger partial charge in [0.15, 0.2) is 0 Å². The van der Waals surface area contributed by atoms with Crippen molar-refractivity contribution in [3.63, 3.8) is 0 Å². The maximum Gasteiger partial charge on any atom is 0.0603 e. The van der Waals surface area contributed by atoms with E-state index >= 15 is 0 Å². The lowest BCUT2D eigenvalue weighted by Crippen LogP contribution is -2.41. The van der Waals surface area contributed by atoms with Crippen molar-refractivity contribution in [3.05, 3.63) is 0 Å². The van der Waals surface area contributed by atoms with Crippen LogP contribution in [-0.4, -0.2) is 49.8 Å². The number of rotatable bonds is 4. The van der Waals surface area contributed by atoms with Crippen LogP contribution in [0.3, 0.4) is 0 Å². The first-order valence-electron chi connectivity index (χ1n) is 7.32. The summed E-state index contributed by atoms with van der Waals surface area (Å²) in [6.45, 7) is 10.6. The fourth-order valence-corrected chi connectivity index (χ4v) is 2.95. The molecule has 0 radical (unpaired) electrons. The molecule has 1 N–H and O–H groups in total. The zero-order valence-corrected chi connectivity index (χ0v) is 11.5. The van der Waals surface area contributed by atoms with Crippen molar-refractivity contribution < 1.29 is 4.74 Å². The molecule has 0 aliphatic carbocycles. The highest BCUT2D eigenvalue weighted by molar-refractivity contribution is 4.76. The van der Waals surface area contributed by atoms with Crippen molar-refractivity contribution in [1.29, 1.82) is 0 Å². The Balaban J connectivity index is 1.64. The topological polar surface area (TPSA) is 24.5 Å². The van der Waals surface area contributed by atoms with Crippen LogP contribution < -0.4 is 5.32 Å². The lowest BCUT2D eigenvalue weighted by atomic mass is 10.0. The van der Waals surface area contributed by atoms with Crippen LogP contribution in [0.1, 0.15) is 39.5 Å². The number of ether oxygens (including phenoxy) is 1. The minimum Gasteiger partial charge on any atom is -0.375 e. The van der Waals surface area contributed by atoms with Crippen LogP contribution in [0.5, 0.6) is 0 Å². The first kappa shape index (κ1) is 13.3. The molecule has 0 bridgehead atoms. The quantitative estimate of drug-likeness (QED) is 0.812. The highest BCUT2D eigenvalue weighted by Crippen LogP contribution is 2.19. The SMILES string of the molecule is CC(C)CN1CCC(OC2CCNCC2)CC1. The fraction of sp³-hybridized carbons (Fsp3) is 1.00. The van der Waals surface area contributed by atoms with Crippen molar-refractivity contribution in [2.75, 3.05) is 32.7 Å². The van der Waals surface area contributed by atoms with Crippen LogP contribution in [0.4, 0.5) is 0 Å². The summed E-state index contributed by atoms with van der Waals surface area (Å²) in [7, 11) is 0. The first-order chi connectivity index (χ1) is 8.24. The molecule has 0 spiro atoms. The smallest absolute Gasteiger partial charge is 0.0603 e. The summed E-state index contributed by atoms with van der Waals surface area (Å²) in [5.74, 6) is 0.789. The number of hydrogen-bond acceptors (Lipinski definition) is 3. The van der Waals surface area contributed by atoms with Gasteiger partial charge >= 0.3 is 0 Å². The summed E-state index contributed by atoms with van der Waals surface area (Å²) in [5.41, 5.74) is 0. The van der Waals surface area contributed by atoms with Crippen LogP contribution in [0, 0.1) is 5.92 Å². The third kappa shape index (κ3) is 4.57. The van der Waals surface area contributed by atoms with E-state index in [1.54, 1.807) is 0 Å². The van der Waals surface area contributed by atoms with Crippen molar-refractivity contribution >= 4 is 0 Å². The van der Waals surface area contributed by atoms with E-state index in [0.717, 1.165) is 19.0 Å². The number of hydrogen-bond donors (Lipinski definition) is 1. The molecule has 0 saturated carbocycles. The van der Waals surface area contributed by atoms with E-state index in [2.05, 4.69) is 24.1 Å². The second-order valence-corrected chi connectivity index (χ2v) is 5.98. The summed E-state index contributed by atoms with van der Waals surface area (Å²) < 4.78 is 6.22. The second kappa shape index (κ2) is 6.72. The Morgan fingerprint density at radius 2 is 1.65 bits per heavy atom. The lowest BCUT2D eigenvalue weighted by Gasteiger charge is -2.35. The largest absolute Gasteiger partial charge is 0.375 e. The van der Waals surface area contributed by atoms with E-state index in [0.29, 0.717) is 12.2 Å². The summed E-state index contributed by atoms with van der Waals surface area (Å²) in [4.78, 5) is 2.59. The Morgan fingerprint density at radius 3 is 2.24 bits per heavy atom. The molecule has 17 heavy (non-hydrogen) atoms. The van der Waals surface area contributed by atoms with Crippen LogP contribution in [0.2, 0.25) is 0 Å². The highest BCUT2D eigenvalue weighted by Gasteiger charge is 2.23. The second-order valence-electron chi connectivity index (χ2n) is 5.98. The van der Waals surface area contributed by atoms with Gasteiger partial charge in [0.2, 0.25) is 0 Å². The van der Waals surface area contributed by atoms with E-state index in [-0.39, 0.29) is 0 Å². The predicted octanol–water partition coefficient (Wildman–Crippen LogP) is 1.88. The zero-order chi connectivity index (χ0) is 12.1. The standard InChI is InChI=1S/C14H28N2O/c1-12(2)11-16-9-5-14(6-10-16)17-13-3-7-15-8-4-13/h12-15H,3-11H2,1-2H3. The molecular weight excluding hydrogens is 212 g/mol. The maximum absolute atomic E-state index is 6.22. The molecule has 2 aliphatic rings. The fourth-order valence-electron chi connectivity index (χ4n) is 2.95. The van der Waals surface area contributed by atoms with Gasteiger partial charge in [-0.05, 0) is 44.7 Å². The Hall–Kier alpha value is -0.120. The molecule has 2 rings (SSSR count). The number of nitrogens with zero attached hydrogens (tertiary/aromatic N) is 1. The molecule has 0 atom stereocenters.